The average molecular weight is 761 g/mol. The van der Waals surface area contributed by atoms with Gasteiger partial charge in [-0.05, 0) is 78.6 Å². The highest BCUT2D eigenvalue weighted by Gasteiger charge is 2.48. The summed E-state index contributed by atoms with van der Waals surface area (Å²) in [6.07, 6.45) is 0.644. The molecule has 1 saturated heterocycles. The van der Waals surface area contributed by atoms with Gasteiger partial charge in [0.2, 0.25) is 5.13 Å². The fraction of sp³-hybridized carbons (Fsp3) is 0.211. The van der Waals surface area contributed by atoms with Crippen LogP contribution in [0.25, 0.3) is 5.76 Å². The molecular weight excluding hydrogens is 729 g/mol. The summed E-state index contributed by atoms with van der Waals surface area (Å²) in [6, 6.07) is 24.5. The van der Waals surface area contributed by atoms with Gasteiger partial charge in [-0.2, -0.15) is 0 Å². The van der Waals surface area contributed by atoms with Gasteiger partial charge in [0.1, 0.15) is 24.2 Å². The molecule has 0 radical (unpaired) electrons. The van der Waals surface area contributed by atoms with Crippen LogP contribution in [0.2, 0.25) is 10.0 Å². The second kappa shape index (κ2) is 15.0. The van der Waals surface area contributed by atoms with Crippen LogP contribution in [0.3, 0.4) is 0 Å². The number of aliphatic hydroxyl groups excluding tert-OH is 1. The lowest BCUT2D eigenvalue weighted by atomic mass is 9.94. The first kappa shape index (κ1) is 34.9. The Morgan fingerprint density at radius 2 is 1.82 bits per heavy atom. The summed E-state index contributed by atoms with van der Waals surface area (Å²) < 4.78 is 18.5. The quantitative estimate of drug-likeness (QED) is 0.0464. The first-order valence-electron chi connectivity index (χ1n) is 16.1. The minimum Gasteiger partial charge on any atom is -0.507 e. The monoisotopic (exact) mass is 759 g/mol. The van der Waals surface area contributed by atoms with Gasteiger partial charge in [0.05, 0.1) is 18.2 Å². The molecule has 1 amide bonds. The molecule has 7 rings (SSSR count). The van der Waals surface area contributed by atoms with Crippen LogP contribution in [0.1, 0.15) is 47.7 Å². The van der Waals surface area contributed by atoms with E-state index in [-0.39, 0.29) is 22.6 Å². The molecule has 2 atom stereocenters. The summed E-state index contributed by atoms with van der Waals surface area (Å²) >= 11 is 15.0. The van der Waals surface area contributed by atoms with E-state index < -0.39 is 17.7 Å². The molecular formula is C38H31Cl2N3O6S2. The number of anilines is 1. The SMILES string of the molecule is CCOc1cc(C2/C(=C(\O)c3ccc4c(c3)CC(C)O4)C(=O)C(=O)N2c2nnc(SCc3ccc(Cl)cc3Cl)s2)ccc1OCc1ccccc1. The summed E-state index contributed by atoms with van der Waals surface area (Å²) in [5.41, 5.74) is 3.58. The normalized spacial score (nSPS) is 17.8. The number of aliphatic hydroxyl groups is 1. The largest absolute Gasteiger partial charge is 0.507 e. The first-order valence-corrected chi connectivity index (χ1v) is 18.7. The van der Waals surface area contributed by atoms with E-state index in [0.717, 1.165) is 33.8 Å². The average Bonchev–Trinajstić information content (AvgIpc) is 3.82. The molecule has 2 aliphatic heterocycles. The van der Waals surface area contributed by atoms with Gasteiger partial charge in [0.25, 0.3) is 5.78 Å². The summed E-state index contributed by atoms with van der Waals surface area (Å²) in [4.78, 5) is 29.1. The lowest BCUT2D eigenvalue weighted by molar-refractivity contribution is -0.132. The Morgan fingerprint density at radius 1 is 1.00 bits per heavy atom. The van der Waals surface area contributed by atoms with Gasteiger partial charge in [-0.25, -0.2) is 0 Å². The molecule has 2 aliphatic rings. The Morgan fingerprint density at radius 3 is 2.61 bits per heavy atom. The van der Waals surface area contributed by atoms with E-state index in [4.69, 9.17) is 37.4 Å². The minimum atomic E-state index is -1.05. The van der Waals surface area contributed by atoms with Crippen LogP contribution in [0, 0.1) is 0 Å². The molecule has 13 heteroatoms. The summed E-state index contributed by atoms with van der Waals surface area (Å²) in [7, 11) is 0. The number of ketones is 1. The van der Waals surface area contributed by atoms with Gasteiger partial charge in [-0.15, -0.1) is 10.2 Å². The molecule has 0 bridgehead atoms. The van der Waals surface area contributed by atoms with Crippen molar-refractivity contribution in [3.63, 3.8) is 0 Å². The van der Waals surface area contributed by atoms with Crippen molar-refractivity contribution in [2.45, 2.75) is 49.1 Å². The third kappa shape index (κ3) is 7.30. The maximum atomic E-state index is 13.9. The highest BCUT2D eigenvalue weighted by atomic mass is 35.5. The van der Waals surface area contributed by atoms with Crippen molar-refractivity contribution in [1.82, 2.24) is 10.2 Å². The Kier molecular flexibility index (Phi) is 10.2. The molecule has 4 aromatic carbocycles. The van der Waals surface area contributed by atoms with E-state index in [1.54, 1.807) is 48.5 Å². The van der Waals surface area contributed by atoms with Crippen molar-refractivity contribution >= 4 is 68.9 Å². The minimum absolute atomic E-state index is 0.0113. The van der Waals surface area contributed by atoms with Crippen LogP contribution in [0.5, 0.6) is 17.2 Å². The second-order valence-corrected chi connectivity index (χ2v) is 14.9. The molecule has 0 aliphatic carbocycles. The van der Waals surface area contributed by atoms with E-state index >= 15 is 0 Å². The van der Waals surface area contributed by atoms with Crippen LogP contribution >= 0.6 is 46.3 Å². The third-order valence-electron chi connectivity index (χ3n) is 8.40. The van der Waals surface area contributed by atoms with E-state index in [2.05, 4.69) is 10.2 Å². The van der Waals surface area contributed by atoms with E-state index in [9.17, 15) is 14.7 Å². The van der Waals surface area contributed by atoms with Crippen LogP contribution in [0.4, 0.5) is 5.13 Å². The van der Waals surface area contributed by atoms with Crippen molar-refractivity contribution in [1.29, 1.82) is 0 Å². The fourth-order valence-corrected chi connectivity index (χ4v) is 8.45. The van der Waals surface area contributed by atoms with E-state index in [1.165, 1.54) is 16.7 Å². The summed E-state index contributed by atoms with van der Waals surface area (Å²) in [6.45, 7) is 4.48. The molecule has 0 spiro atoms. The number of ether oxygens (including phenoxy) is 3. The maximum Gasteiger partial charge on any atom is 0.301 e. The molecule has 0 saturated carbocycles. The molecule has 260 valence electrons. The van der Waals surface area contributed by atoms with Crippen LogP contribution in [-0.2, 0) is 28.4 Å². The molecule has 1 fully saturated rings. The van der Waals surface area contributed by atoms with Crippen LogP contribution < -0.4 is 19.1 Å². The number of carbonyl (C=O) groups excluding carboxylic acids is 2. The number of nitrogens with zero attached hydrogens (tertiary/aromatic N) is 3. The number of benzene rings is 4. The number of aromatic nitrogens is 2. The lowest BCUT2D eigenvalue weighted by Crippen LogP contribution is -2.29. The van der Waals surface area contributed by atoms with Crippen LogP contribution in [-0.4, -0.2) is 39.7 Å². The molecule has 9 nitrogen and oxygen atoms in total. The molecule has 51 heavy (non-hydrogen) atoms. The topological polar surface area (TPSA) is 111 Å². The molecule has 2 unspecified atom stereocenters. The van der Waals surface area contributed by atoms with Gasteiger partial charge in [0.15, 0.2) is 15.8 Å². The molecule has 1 aromatic heterocycles. The van der Waals surface area contributed by atoms with Gasteiger partial charge < -0.3 is 19.3 Å². The zero-order valence-electron chi connectivity index (χ0n) is 27.5. The lowest BCUT2D eigenvalue weighted by Gasteiger charge is -2.24. The predicted octanol–water partition coefficient (Wildman–Crippen LogP) is 9.06. The van der Waals surface area contributed by atoms with Gasteiger partial charge in [-0.1, -0.05) is 88.8 Å². The number of carbonyl (C=O) groups is 2. The predicted molar refractivity (Wildman–Crippen MR) is 199 cm³/mol. The number of halogens is 2. The second-order valence-electron chi connectivity index (χ2n) is 11.9. The number of rotatable bonds is 11. The Bertz CT molecular complexity index is 2160. The fourth-order valence-electron chi connectivity index (χ4n) is 6.02. The molecule has 3 heterocycles. The third-order valence-corrected chi connectivity index (χ3v) is 11.1. The zero-order valence-corrected chi connectivity index (χ0v) is 30.6. The van der Waals surface area contributed by atoms with Crippen molar-refractivity contribution in [3.8, 4) is 17.2 Å². The number of Topliss-reactive ketones (excluding diaryl/α,β-unsaturated/α-hetero) is 1. The summed E-state index contributed by atoms with van der Waals surface area (Å²) in [5.74, 6) is 0.135. The Hall–Kier alpha value is -4.55. The van der Waals surface area contributed by atoms with Crippen molar-refractivity contribution in [2.75, 3.05) is 11.5 Å². The molecule has 5 aromatic rings. The van der Waals surface area contributed by atoms with Gasteiger partial charge in [0, 0.05) is 27.8 Å². The van der Waals surface area contributed by atoms with Gasteiger partial charge >= 0.3 is 5.91 Å². The molecule has 1 N–H and O–H groups in total. The highest BCUT2D eigenvalue weighted by molar-refractivity contribution is 8.00. The van der Waals surface area contributed by atoms with E-state index in [1.807, 2.05) is 50.2 Å². The number of thioether (sulfide) groups is 1. The summed E-state index contributed by atoms with van der Waals surface area (Å²) in [5, 5.41) is 21.7. The maximum absolute atomic E-state index is 13.9. The van der Waals surface area contributed by atoms with Crippen LogP contribution in [0.15, 0.2) is 94.8 Å². The van der Waals surface area contributed by atoms with Gasteiger partial charge in [-0.3, -0.25) is 14.5 Å². The number of hydrogen-bond donors (Lipinski definition) is 1. The van der Waals surface area contributed by atoms with Crippen molar-refractivity contribution in [3.05, 3.63) is 128 Å². The standard InChI is InChI=1S/C38H31Cl2N3O6S2/c1-3-47-31-17-23(10-14-30(31)48-19-22-7-5-4-6-8-22)33-32(34(44)24-11-13-29-26(16-24)15-21(2)49-29)35(45)36(46)43(33)37-41-42-38(51-37)50-20-25-9-12-27(39)18-28(25)40/h4-14,16-18,21,33,44H,3,15,19-20H2,1-2H3/b34-32+. The number of amides is 1. The smallest absolute Gasteiger partial charge is 0.301 e. The Labute approximate surface area is 312 Å². The van der Waals surface area contributed by atoms with Crippen molar-refractivity contribution in [2.24, 2.45) is 0 Å². The number of fused-ring (bicyclic) bond motifs is 1. The Balaban J connectivity index is 1.27. The van der Waals surface area contributed by atoms with E-state index in [0.29, 0.717) is 62.4 Å². The van der Waals surface area contributed by atoms with Crippen molar-refractivity contribution < 1.29 is 28.9 Å². The first-order chi connectivity index (χ1) is 24.7. The zero-order chi connectivity index (χ0) is 35.6. The highest BCUT2D eigenvalue weighted by Crippen LogP contribution is 2.46. The number of hydrogen-bond acceptors (Lipinski definition) is 10.